The lowest BCUT2D eigenvalue weighted by Crippen LogP contribution is -2.62. The van der Waals surface area contributed by atoms with Crippen molar-refractivity contribution in [3.05, 3.63) is 93.7 Å². The number of likely N-dealkylation sites (tertiary alicyclic amines) is 1. The van der Waals surface area contributed by atoms with E-state index >= 15 is 0 Å². The molecule has 8 nitrogen and oxygen atoms in total. The molecule has 1 aliphatic heterocycles. The van der Waals surface area contributed by atoms with Crippen molar-refractivity contribution in [3.63, 3.8) is 0 Å². The third-order valence-corrected chi connectivity index (χ3v) is 8.41. The molecule has 37 heavy (non-hydrogen) atoms. The van der Waals surface area contributed by atoms with E-state index in [0.29, 0.717) is 18.2 Å². The monoisotopic (exact) mass is 499 g/mol. The summed E-state index contributed by atoms with van der Waals surface area (Å²) in [6.45, 7) is 0.931. The number of amides is 1. The number of rotatable bonds is 5. The highest BCUT2D eigenvalue weighted by Gasteiger charge is 2.55. The van der Waals surface area contributed by atoms with Crippen molar-refractivity contribution in [2.24, 2.45) is 5.92 Å². The molecule has 1 saturated carbocycles. The Bertz CT molecular complexity index is 1330. The fourth-order valence-electron chi connectivity index (χ4n) is 6.79. The van der Waals surface area contributed by atoms with Gasteiger partial charge in [0.2, 0.25) is 0 Å². The summed E-state index contributed by atoms with van der Waals surface area (Å²) in [5.74, 6) is 0.906. The second-order valence-electron chi connectivity index (χ2n) is 10.3. The van der Waals surface area contributed by atoms with Gasteiger partial charge in [-0.05, 0) is 66.5 Å². The van der Waals surface area contributed by atoms with Crippen LogP contribution in [0, 0.1) is 16.0 Å². The molecule has 0 N–H and O–H groups in total. The minimum Gasteiger partial charge on any atom is -0.445 e. The van der Waals surface area contributed by atoms with Crippen molar-refractivity contribution in [1.29, 1.82) is 0 Å². The number of hydrogen-bond acceptors (Lipinski definition) is 6. The van der Waals surface area contributed by atoms with Crippen LogP contribution in [0.2, 0.25) is 0 Å². The molecule has 1 amide bonds. The summed E-state index contributed by atoms with van der Waals surface area (Å²) in [7, 11) is 0. The number of fused-ring (bicyclic) bond motifs is 1. The maximum Gasteiger partial charge on any atom is 0.410 e. The van der Waals surface area contributed by atoms with Crippen LogP contribution in [0.5, 0.6) is 11.6 Å². The van der Waals surface area contributed by atoms with Crippen LogP contribution >= 0.6 is 0 Å². The molecule has 3 aliphatic rings. The van der Waals surface area contributed by atoms with Gasteiger partial charge in [0, 0.05) is 30.3 Å². The summed E-state index contributed by atoms with van der Waals surface area (Å²) < 4.78 is 11.7. The number of hydrogen-bond donors (Lipinski definition) is 0. The lowest BCUT2D eigenvalue weighted by molar-refractivity contribution is -0.386. The van der Waals surface area contributed by atoms with E-state index in [2.05, 4.69) is 17.1 Å². The number of nitrogens with zero attached hydrogens (tertiary/aromatic N) is 3. The molecule has 0 radical (unpaired) electrons. The molecule has 3 atom stereocenters. The first-order valence-corrected chi connectivity index (χ1v) is 12.9. The molecule has 8 heteroatoms. The van der Waals surface area contributed by atoms with Crippen LogP contribution in [0.25, 0.3) is 0 Å². The molecule has 1 aromatic heterocycles. The van der Waals surface area contributed by atoms with Crippen LogP contribution in [0.4, 0.5) is 10.5 Å². The topological polar surface area (TPSA) is 94.8 Å². The molecule has 1 saturated heterocycles. The van der Waals surface area contributed by atoms with Gasteiger partial charge in [-0.3, -0.25) is 10.1 Å². The Labute approximate surface area is 215 Å². The molecule has 2 aromatic carbocycles. The van der Waals surface area contributed by atoms with Crippen molar-refractivity contribution in [2.45, 2.75) is 56.6 Å². The van der Waals surface area contributed by atoms with Crippen molar-refractivity contribution in [1.82, 2.24) is 9.88 Å². The molecular formula is C29H29N3O5. The van der Waals surface area contributed by atoms with Gasteiger partial charge in [-0.2, -0.15) is 0 Å². The van der Waals surface area contributed by atoms with E-state index in [1.54, 1.807) is 0 Å². The molecular weight excluding hydrogens is 470 g/mol. The molecule has 0 spiro atoms. The van der Waals surface area contributed by atoms with Gasteiger partial charge >= 0.3 is 11.8 Å². The molecule has 2 heterocycles. The largest absolute Gasteiger partial charge is 0.445 e. The average molecular weight is 500 g/mol. The molecule has 2 fully saturated rings. The van der Waals surface area contributed by atoms with Gasteiger partial charge in [-0.25, -0.2) is 9.78 Å². The van der Waals surface area contributed by atoms with E-state index in [1.807, 2.05) is 41.3 Å². The Balaban J connectivity index is 1.28. The van der Waals surface area contributed by atoms with E-state index in [1.165, 1.54) is 29.5 Å². The Morgan fingerprint density at radius 3 is 2.81 bits per heavy atom. The summed E-state index contributed by atoms with van der Waals surface area (Å²) in [6, 6.07) is 18.8. The summed E-state index contributed by atoms with van der Waals surface area (Å²) in [5.41, 5.74) is 3.28. The van der Waals surface area contributed by atoms with E-state index in [4.69, 9.17) is 9.47 Å². The molecule has 6 rings (SSSR count). The van der Waals surface area contributed by atoms with E-state index in [0.717, 1.165) is 44.1 Å². The minimum atomic E-state index is -0.478. The van der Waals surface area contributed by atoms with Crippen molar-refractivity contribution < 1.29 is 19.2 Å². The normalized spacial score (nSPS) is 23.9. The van der Waals surface area contributed by atoms with E-state index < -0.39 is 4.92 Å². The Morgan fingerprint density at radius 1 is 1.11 bits per heavy atom. The average Bonchev–Trinajstić information content (AvgIpc) is 2.93. The fourth-order valence-corrected chi connectivity index (χ4v) is 6.79. The van der Waals surface area contributed by atoms with E-state index in [9.17, 15) is 14.9 Å². The highest BCUT2D eigenvalue weighted by molar-refractivity contribution is 5.69. The minimum absolute atomic E-state index is 0.00480. The number of benzene rings is 2. The Kier molecular flexibility index (Phi) is 6.02. The van der Waals surface area contributed by atoms with Gasteiger partial charge in [0.05, 0.1) is 4.92 Å². The van der Waals surface area contributed by atoms with Crippen molar-refractivity contribution >= 4 is 11.8 Å². The number of ether oxygens (including phenoxy) is 2. The first-order chi connectivity index (χ1) is 18.0. The van der Waals surface area contributed by atoms with Crippen molar-refractivity contribution in [2.75, 3.05) is 6.54 Å². The lowest BCUT2D eigenvalue weighted by atomic mass is 9.52. The highest BCUT2D eigenvalue weighted by Crippen LogP contribution is 2.56. The number of carbonyl (C=O) groups is 1. The van der Waals surface area contributed by atoms with Gasteiger partial charge in [0.25, 0.3) is 5.88 Å². The van der Waals surface area contributed by atoms with Crippen LogP contribution in [-0.4, -0.2) is 33.5 Å². The Morgan fingerprint density at radius 2 is 1.97 bits per heavy atom. The molecule has 190 valence electrons. The molecule has 2 bridgehead atoms. The van der Waals surface area contributed by atoms with Crippen LogP contribution in [-0.2, 0) is 23.2 Å². The number of piperidine rings is 1. The summed E-state index contributed by atoms with van der Waals surface area (Å²) in [4.78, 5) is 30.2. The Hall–Kier alpha value is -3.94. The fraction of sp³-hybridized carbons (Fsp3) is 0.379. The zero-order valence-corrected chi connectivity index (χ0v) is 20.5. The second kappa shape index (κ2) is 9.50. The first kappa shape index (κ1) is 23.5. The number of nitro groups is 1. The van der Waals surface area contributed by atoms with Crippen LogP contribution in [0.3, 0.4) is 0 Å². The summed E-state index contributed by atoms with van der Waals surface area (Å²) in [6.07, 6.45) is 7.35. The summed E-state index contributed by atoms with van der Waals surface area (Å²) in [5, 5.41) is 11.4. The SMILES string of the molecule is O=C(OCc1ccccc1)N1CC[C@]23CCCC[C@H]2[C@H]1Cc1ccc(Oc2ncccc2[N+](=O)[O-])cc13. The number of pyridine rings is 1. The molecule has 2 aliphatic carbocycles. The van der Waals surface area contributed by atoms with Crippen molar-refractivity contribution in [3.8, 4) is 11.6 Å². The quantitative estimate of drug-likeness (QED) is 0.307. The standard InChI is InChI=1S/C29H29N3O5/c33-28(36-19-20-7-2-1-3-8-20)31-16-14-29-13-5-4-9-23(29)26(31)17-21-11-12-22(18-24(21)29)37-27-25(32(34)35)10-6-15-30-27/h1-3,6-8,10-12,15,18,23,26H,4-5,9,13-14,16-17,19H2/t23-,26+,29+/m0/s1. The maximum absolute atomic E-state index is 13.2. The van der Waals surface area contributed by atoms with Gasteiger partial charge in [0.1, 0.15) is 12.4 Å². The summed E-state index contributed by atoms with van der Waals surface area (Å²) >= 11 is 0. The van der Waals surface area contributed by atoms with Crippen LogP contribution < -0.4 is 4.74 Å². The van der Waals surface area contributed by atoms with E-state index in [-0.39, 0.29) is 35.7 Å². The third-order valence-electron chi connectivity index (χ3n) is 8.41. The van der Waals surface area contributed by atoms with Gasteiger partial charge in [-0.15, -0.1) is 0 Å². The highest BCUT2D eigenvalue weighted by atomic mass is 16.6. The second-order valence-corrected chi connectivity index (χ2v) is 10.3. The zero-order chi connectivity index (χ0) is 25.4. The van der Waals surface area contributed by atoms with Crippen LogP contribution in [0.15, 0.2) is 66.9 Å². The lowest BCUT2D eigenvalue weighted by Gasteiger charge is -2.58. The predicted molar refractivity (Wildman–Crippen MR) is 136 cm³/mol. The molecule has 0 unspecified atom stereocenters. The molecule has 3 aromatic rings. The van der Waals surface area contributed by atoms with Crippen LogP contribution in [0.1, 0.15) is 48.8 Å². The predicted octanol–water partition coefficient (Wildman–Crippen LogP) is 6.18. The smallest absolute Gasteiger partial charge is 0.410 e. The third kappa shape index (κ3) is 4.20. The van der Waals surface area contributed by atoms with Gasteiger partial charge < -0.3 is 14.4 Å². The number of aromatic nitrogens is 1. The van der Waals surface area contributed by atoms with Gasteiger partial charge in [0.15, 0.2) is 0 Å². The maximum atomic E-state index is 13.2. The zero-order valence-electron chi connectivity index (χ0n) is 20.5. The number of carbonyl (C=O) groups excluding carboxylic acids is 1. The van der Waals surface area contributed by atoms with Gasteiger partial charge in [-0.1, -0.05) is 49.2 Å². The first-order valence-electron chi connectivity index (χ1n) is 12.9.